The van der Waals surface area contributed by atoms with E-state index < -0.39 is 17.9 Å². The molecular formula is C25H20F3N3OS. The van der Waals surface area contributed by atoms with Gasteiger partial charge >= 0.3 is 6.18 Å². The first-order chi connectivity index (χ1) is 15.8. The molecule has 4 nitrogen and oxygen atoms in total. The number of alkyl halides is 3. The predicted octanol–water partition coefficient (Wildman–Crippen LogP) is 5.37. The van der Waals surface area contributed by atoms with Crippen molar-refractivity contribution < 1.29 is 18.0 Å². The standard InChI is InChI=1S/C25H20F3N3OS/c26-25(27,28)18-13-10-16(11-14-18)12-15-21(32)30-23-24(33)29-20-9-5-4-8-19(20)22(31-23)17-6-2-1-3-7-17/h1-11,13-14,23H,12,15H2,(H,29,33)(H,30,32). The van der Waals surface area contributed by atoms with Crippen LogP contribution in [-0.4, -0.2) is 22.8 Å². The summed E-state index contributed by atoms with van der Waals surface area (Å²) in [7, 11) is 0. The minimum Gasteiger partial charge on any atom is -0.346 e. The van der Waals surface area contributed by atoms with Crippen molar-refractivity contribution >= 4 is 34.5 Å². The van der Waals surface area contributed by atoms with Crippen LogP contribution in [0.5, 0.6) is 0 Å². The second-order valence-corrected chi connectivity index (χ2v) is 7.98. The van der Waals surface area contributed by atoms with E-state index in [0.29, 0.717) is 22.7 Å². The molecule has 0 aliphatic carbocycles. The first kappa shape index (κ1) is 22.7. The Kier molecular flexibility index (Phi) is 6.55. The van der Waals surface area contributed by atoms with Gasteiger partial charge in [0.1, 0.15) is 4.99 Å². The van der Waals surface area contributed by atoms with Gasteiger partial charge in [-0.15, -0.1) is 0 Å². The number of carbonyl (C=O) groups is 1. The summed E-state index contributed by atoms with van der Waals surface area (Å²) in [6.45, 7) is 0. The van der Waals surface area contributed by atoms with Gasteiger partial charge in [0.05, 0.1) is 11.3 Å². The summed E-state index contributed by atoms with van der Waals surface area (Å²) in [6, 6.07) is 22.1. The monoisotopic (exact) mass is 467 g/mol. The Morgan fingerprint density at radius 3 is 2.33 bits per heavy atom. The fourth-order valence-corrected chi connectivity index (χ4v) is 3.75. The molecule has 0 fully saturated rings. The molecule has 3 aromatic carbocycles. The molecule has 168 valence electrons. The lowest BCUT2D eigenvalue weighted by Crippen LogP contribution is -2.41. The highest BCUT2D eigenvalue weighted by molar-refractivity contribution is 7.80. The van der Waals surface area contributed by atoms with Crippen molar-refractivity contribution in [3.05, 3.63) is 101 Å². The summed E-state index contributed by atoms with van der Waals surface area (Å²) in [5.74, 6) is -0.300. The lowest BCUT2D eigenvalue weighted by Gasteiger charge is -2.16. The SMILES string of the molecule is O=C(CCc1ccc(C(F)(F)F)cc1)NC1N=C(c2ccccc2)c2ccccc2NC1=S. The van der Waals surface area contributed by atoms with E-state index in [1.54, 1.807) is 0 Å². The number of aliphatic imine (C=N–C) groups is 1. The number of fused-ring (bicyclic) bond motifs is 1. The molecule has 0 saturated carbocycles. The van der Waals surface area contributed by atoms with Gasteiger partial charge in [-0.25, -0.2) is 0 Å². The molecule has 33 heavy (non-hydrogen) atoms. The highest BCUT2D eigenvalue weighted by Gasteiger charge is 2.30. The van der Waals surface area contributed by atoms with Crippen LogP contribution in [0.15, 0.2) is 83.9 Å². The second kappa shape index (κ2) is 9.54. The summed E-state index contributed by atoms with van der Waals surface area (Å²) in [5.41, 5.74) is 3.18. The molecule has 0 bridgehead atoms. The number of amides is 1. The summed E-state index contributed by atoms with van der Waals surface area (Å²) < 4.78 is 38.2. The topological polar surface area (TPSA) is 53.5 Å². The number of hydrogen-bond acceptors (Lipinski definition) is 3. The van der Waals surface area contributed by atoms with Crippen LogP contribution < -0.4 is 10.6 Å². The number of thiocarbonyl (C=S) groups is 1. The van der Waals surface area contributed by atoms with Gasteiger partial charge in [0, 0.05) is 23.2 Å². The summed E-state index contributed by atoms with van der Waals surface area (Å²) in [6.07, 6.45) is -4.77. The van der Waals surface area contributed by atoms with Crippen LogP contribution in [0.25, 0.3) is 0 Å². The molecule has 8 heteroatoms. The average Bonchev–Trinajstić information content (AvgIpc) is 2.94. The largest absolute Gasteiger partial charge is 0.416 e. The number of rotatable bonds is 5. The Hall–Kier alpha value is -3.52. The average molecular weight is 468 g/mol. The van der Waals surface area contributed by atoms with Crippen LogP contribution in [-0.2, 0) is 17.4 Å². The zero-order valence-electron chi connectivity index (χ0n) is 17.4. The fourth-order valence-electron chi connectivity index (χ4n) is 3.52. The van der Waals surface area contributed by atoms with Crippen molar-refractivity contribution in [3.8, 4) is 0 Å². The minimum atomic E-state index is -4.38. The maximum Gasteiger partial charge on any atom is 0.416 e. The summed E-state index contributed by atoms with van der Waals surface area (Å²) in [5, 5.41) is 6.01. The van der Waals surface area contributed by atoms with Crippen LogP contribution in [0.2, 0.25) is 0 Å². The van der Waals surface area contributed by atoms with Crippen molar-refractivity contribution in [1.82, 2.24) is 5.32 Å². The van der Waals surface area contributed by atoms with E-state index in [0.717, 1.165) is 28.9 Å². The van der Waals surface area contributed by atoms with Gasteiger partial charge in [0.2, 0.25) is 5.91 Å². The first-order valence-corrected chi connectivity index (χ1v) is 10.7. The number of halogens is 3. The van der Waals surface area contributed by atoms with Crippen molar-refractivity contribution in [2.24, 2.45) is 4.99 Å². The summed E-state index contributed by atoms with van der Waals surface area (Å²) >= 11 is 5.50. The van der Waals surface area contributed by atoms with Crippen LogP contribution in [0.3, 0.4) is 0 Å². The highest BCUT2D eigenvalue weighted by atomic mass is 32.1. The maximum absolute atomic E-state index is 12.7. The number of nitrogens with one attached hydrogen (secondary N) is 2. The number of anilines is 1. The van der Waals surface area contributed by atoms with Crippen LogP contribution in [0, 0.1) is 0 Å². The van der Waals surface area contributed by atoms with Crippen LogP contribution in [0.1, 0.15) is 28.7 Å². The molecule has 1 atom stereocenters. The minimum absolute atomic E-state index is 0.0909. The van der Waals surface area contributed by atoms with Gasteiger partial charge in [-0.1, -0.05) is 72.9 Å². The van der Waals surface area contributed by atoms with E-state index in [9.17, 15) is 18.0 Å². The predicted molar refractivity (Wildman–Crippen MR) is 126 cm³/mol. The second-order valence-electron chi connectivity index (χ2n) is 7.54. The van der Waals surface area contributed by atoms with Gasteiger partial charge in [-0.2, -0.15) is 13.2 Å². The maximum atomic E-state index is 12.7. The Balaban J connectivity index is 1.50. The quantitative estimate of drug-likeness (QED) is 0.496. The van der Waals surface area contributed by atoms with Crippen molar-refractivity contribution in [2.45, 2.75) is 25.2 Å². The third kappa shape index (κ3) is 5.46. The molecule has 0 radical (unpaired) electrons. The van der Waals surface area contributed by atoms with E-state index >= 15 is 0 Å². The molecule has 1 amide bonds. The summed E-state index contributed by atoms with van der Waals surface area (Å²) in [4.78, 5) is 17.8. The molecule has 4 rings (SSSR count). The van der Waals surface area contributed by atoms with Crippen molar-refractivity contribution in [1.29, 1.82) is 0 Å². The van der Waals surface area contributed by atoms with Crippen molar-refractivity contribution in [3.63, 3.8) is 0 Å². The Morgan fingerprint density at radius 2 is 1.64 bits per heavy atom. The van der Waals surface area contributed by atoms with Gasteiger partial charge in [0.25, 0.3) is 0 Å². The molecule has 1 aliphatic heterocycles. The molecular weight excluding hydrogens is 447 g/mol. The van der Waals surface area contributed by atoms with Crippen LogP contribution in [0.4, 0.5) is 18.9 Å². The molecule has 2 N–H and O–H groups in total. The first-order valence-electron chi connectivity index (χ1n) is 10.3. The molecule has 0 spiro atoms. The number of nitrogens with zero attached hydrogens (tertiary/aromatic N) is 1. The molecule has 1 aliphatic rings. The third-order valence-corrected chi connectivity index (χ3v) is 5.54. The van der Waals surface area contributed by atoms with E-state index in [1.807, 2.05) is 54.6 Å². The molecule has 1 heterocycles. The molecule has 1 unspecified atom stereocenters. The number of aryl methyl sites for hydroxylation is 1. The normalized spacial score (nSPS) is 15.7. The zero-order valence-corrected chi connectivity index (χ0v) is 18.2. The lowest BCUT2D eigenvalue weighted by molar-refractivity contribution is -0.137. The smallest absolute Gasteiger partial charge is 0.346 e. The van der Waals surface area contributed by atoms with E-state index in [4.69, 9.17) is 17.2 Å². The Morgan fingerprint density at radius 1 is 0.970 bits per heavy atom. The van der Waals surface area contributed by atoms with E-state index in [1.165, 1.54) is 12.1 Å². The van der Waals surface area contributed by atoms with E-state index in [2.05, 4.69) is 10.6 Å². The van der Waals surface area contributed by atoms with Gasteiger partial charge in [-0.3, -0.25) is 9.79 Å². The zero-order chi connectivity index (χ0) is 23.4. The van der Waals surface area contributed by atoms with Crippen LogP contribution >= 0.6 is 12.2 Å². The van der Waals surface area contributed by atoms with Gasteiger partial charge < -0.3 is 10.6 Å². The molecule has 0 aromatic heterocycles. The molecule has 0 saturated heterocycles. The van der Waals surface area contributed by atoms with Gasteiger partial charge in [0.15, 0.2) is 6.17 Å². The number of para-hydroxylation sites is 1. The Bertz CT molecular complexity index is 1190. The number of carbonyl (C=O) groups excluding carboxylic acids is 1. The van der Waals surface area contributed by atoms with Crippen molar-refractivity contribution in [2.75, 3.05) is 5.32 Å². The third-order valence-electron chi connectivity index (χ3n) is 5.21. The number of benzene rings is 3. The lowest BCUT2D eigenvalue weighted by atomic mass is 10.0. The Labute approximate surface area is 194 Å². The van der Waals surface area contributed by atoms with Gasteiger partial charge in [-0.05, 0) is 30.2 Å². The fraction of sp³-hybridized carbons (Fsp3) is 0.160. The number of hydrogen-bond donors (Lipinski definition) is 2. The molecule has 3 aromatic rings. The highest BCUT2D eigenvalue weighted by Crippen LogP contribution is 2.29. The number of benzodiazepines with no additional fused rings is 1. The van der Waals surface area contributed by atoms with E-state index in [-0.39, 0.29) is 12.3 Å².